The van der Waals surface area contributed by atoms with Crippen molar-refractivity contribution in [3.8, 4) is 6.19 Å². The van der Waals surface area contributed by atoms with Crippen LogP contribution in [0.3, 0.4) is 0 Å². The van der Waals surface area contributed by atoms with Gasteiger partial charge in [0.1, 0.15) is 0 Å². The maximum atomic E-state index is 8.56. The van der Waals surface area contributed by atoms with Crippen molar-refractivity contribution in [1.82, 2.24) is 5.32 Å². The number of nitrogens with one attached hydrogen (secondary N) is 1. The Morgan fingerprint density at radius 1 is 1.50 bits per heavy atom. The zero-order valence-electron chi connectivity index (χ0n) is 9.34. The van der Waals surface area contributed by atoms with Crippen LogP contribution < -0.4 is 5.32 Å². The average Bonchev–Trinajstić information content (AvgIpc) is 2.24. The fourth-order valence-electron chi connectivity index (χ4n) is 1.19. The number of nitriles is 1. The molecular formula is C11H12BrN3S. The molecule has 1 aromatic rings. The lowest BCUT2D eigenvalue weighted by Gasteiger charge is -2.06. The van der Waals surface area contributed by atoms with Crippen molar-refractivity contribution in [1.29, 1.82) is 5.26 Å². The van der Waals surface area contributed by atoms with Gasteiger partial charge in [-0.15, -0.1) is 0 Å². The number of hydrogen-bond donors (Lipinski definition) is 1. The first kappa shape index (κ1) is 13.1. The Kier molecular flexibility index (Phi) is 4.84. The van der Waals surface area contributed by atoms with Crippen LogP contribution in [0.4, 0.5) is 5.69 Å². The third-order valence-corrected chi connectivity index (χ3v) is 3.44. The van der Waals surface area contributed by atoms with E-state index in [1.165, 1.54) is 11.8 Å². The van der Waals surface area contributed by atoms with Gasteiger partial charge in [0.15, 0.2) is 11.4 Å². The van der Waals surface area contributed by atoms with E-state index < -0.39 is 0 Å². The van der Waals surface area contributed by atoms with E-state index in [9.17, 15) is 0 Å². The van der Waals surface area contributed by atoms with Crippen molar-refractivity contribution in [2.75, 3.05) is 6.26 Å². The number of aliphatic imine (C=N–C) groups is 1. The Labute approximate surface area is 108 Å². The molecule has 84 valence electrons. The minimum atomic E-state index is 0.600. The van der Waals surface area contributed by atoms with E-state index >= 15 is 0 Å². The molecule has 16 heavy (non-hydrogen) atoms. The van der Waals surface area contributed by atoms with E-state index in [-0.39, 0.29) is 0 Å². The van der Waals surface area contributed by atoms with Crippen LogP contribution in [0.2, 0.25) is 0 Å². The minimum Gasteiger partial charge on any atom is -0.271 e. The number of halogens is 1. The lowest BCUT2D eigenvalue weighted by Crippen LogP contribution is -2.12. The van der Waals surface area contributed by atoms with Crippen molar-refractivity contribution in [2.24, 2.45) is 4.99 Å². The number of nitrogens with zero attached hydrogens (tertiary/aromatic N) is 2. The monoisotopic (exact) mass is 297 g/mol. The highest BCUT2D eigenvalue weighted by Crippen LogP contribution is 2.28. The number of aryl methyl sites for hydroxylation is 1. The molecule has 1 N–H and O–H groups in total. The molecule has 3 nitrogen and oxygen atoms in total. The highest BCUT2D eigenvalue weighted by Gasteiger charge is 2.04. The van der Waals surface area contributed by atoms with Crippen molar-refractivity contribution in [3.63, 3.8) is 0 Å². The molecular weight excluding hydrogens is 286 g/mol. The van der Waals surface area contributed by atoms with E-state index in [0.29, 0.717) is 5.17 Å². The van der Waals surface area contributed by atoms with Gasteiger partial charge in [0, 0.05) is 4.47 Å². The highest BCUT2D eigenvalue weighted by atomic mass is 79.9. The van der Waals surface area contributed by atoms with Gasteiger partial charge < -0.3 is 0 Å². The summed E-state index contributed by atoms with van der Waals surface area (Å²) in [6.07, 6.45) is 3.75. The molecule has 1 aromatic carbocycles. The molecule has 0 bridgehead atoms. The van der Waals surface area contributed by atoms with Gasteiger partial charge in [-0.3, -0.25) is 5.32 Å². The minimum absolute atomic E-state index is 0.600. The molecule has 0 aliphatic carbocycles. The Bertz CT molecular complexity index is 463. The number of rotatable bonds is 1. The molecule has 5 heteroatoms. The largest absolute Gasteiger partial charge is 0.271 e. The Morgan fingerprint density at radius 2 is 2.19 bits per heavy atom. The normalized spacial score (nSPS) is 11.1. The molecule has 0 unspecified atom stereocenters. The van der Waals surface area contributed by atoms with Crippen LogP contribution in [-0.4, -0.2) is 11.4 Å². The van der Waals surface area contributed by atoms with E-state index in [0.717, 1.165) is 21.3 Å². The summed E-state index contributed by atoms with van der Waals surface area (Å²) in [6, 6.07) is 4.04. The molecule has 1 rings (SSSR count). The van der Waals surface area contributed by atoms with Gasteiger partial charge in [0.2, 0.25) is 0 Å². The lowest BCUT2D eigenvalue weighted by molar-refractivity contribution is 1.26. The van der Waals surface area contributed by atoms with Crippen molar-refractivity contribution >= 4 is 38.5 Å². The maximum Gasteiger partial charge on any atom is 0.183 e. The van der Waals surface area contributed by atoms with Crippen LogP contribution in [0, 0.1) is 25.3 Å². The summed E-state index contributed by atoms with van der Waals surface area (Å²) in [5, 5.41) is 11.7. The summed E-state index contributed by atoms with van der Waals surface area (Å²) < 4.78 is 1.03. The summed E-state index contributed by atoms with van der Waals surface area (Å²) in [6.45, 7) is 4.01. The van der Waals surface area contributed by atoms with E-state index in [1.807, 2.05) is 38.4 Å². The van der Waals surface area contributed by atoms with Gasteiger partial charge in [-0.2, -0.15) is 5.26 Å². The molecule has 0 aliphatic rings. The predicted molar refractivity (Wildman–Crippen MR) is 73.0 cm³/mol. The average molecular weight is 298 g/mol. The molecule has 0 fully saturated rings. The van der Waals surface area contributed by atoms with Crippen LogP contribution in [0.25, 0.3) is 0 Å². The number of amidine groups is 1. The molecule has 0 saturated heterocycles. The Hall–Kier alpha value is -0.990. The molecule has 0 saturated carbocycles. The summed E-state index contributed by atoms with van der Waals surface area (Å²) in [7, 11) is 0. The molecule has 0 heterocycles. The quantitative estimate of drug-likeness (QED) is 0.374. The van der Waals surface area contributed by atoms with E-state index in [2.05, 4.69) is 26.2 Å². The number of thioether (sulfide) groups is 1. The van der Waals surface area contributed by atoms with Gasteiger partial charge in [-0.1, -0.05) is 27.7 Å². The molecule has 0 spiro atoms. The summed E-state index contributed by atoms with van der Waals surface area (Å²) >= 11 is 4.90. The summed E-state index contributed by atoms with van der Waals surface area (Å²) in [4.78, 5) is 4.40. The number of benzene rings is 1. The van der Waals surface area contributed by atoms with Crippen LogP contribution >= 0.6 is 27.7 Å². The molecule has 0 amide bonds. The smallest absolute Gasteiger partial charge is 0.183 e. The predicted octanol–water partition coefficient (Wildman–Crippen LogP) is 3.49. The topological polar surface area (TPSA) is 48.2 Å². The zero-order chi connectivity index (χ0) is 12.1. The lowest BCUT2D eigenvalue weighted by atomic mass is 10.1. The summed E-state index contributed by atoms with van der Waals surface area (Å²) in [5.74, 6) is 0. The Morgan fingerprint density at radius 3 is 2.75 bits per heavy atom. The molecule has 0 aliphatic heterocycles. The fraction of sp³-hybridized carbons (Fsp3) is 0.273. The number of hydrogen-bond acceptors (Lipinski definition) is 3. The second kappa shape index (κ2) is 5.92. The summed E-state index contributed by atoms with van der Waals surface area (Å²) in [5.41, 5.74) is 3.07. The van der Waals surface area contributed by atoms with Gasteiger partial charge in [-0.25, -0.2) is 4.99 Å². The maximum absolute atomic E-state index is 8.56. The first-order chi connectivity index (χ1) is 7.58. The first-order valence-corrected chi connectivity index (χ1v) is 6.64. The molecule has 0 radical (unpaired) electrons. The highest BCUT2D eigenvalue weighted by molar-refractivity contribution is 9.10. The van der Waals surface area contributed by atoms with Crippen molar-refractivity contribution in [2.45, 2.75) is 13.8 Å². The standard InChI is InChI=1S/C11H12BrN3S/c1-7-4-9(12)8(2)10(5-7)15-11(16-3)14-6-13/h4-5H,1-3H3,(H,14,15). The SMILES string of the molecule is CSC(=Nc1cc(C)cc(Br)c1C)NC#N. The van der Waals surface area contributed by atoms with Crippen LogP contribution in [0.5, 0.6) is 0 Å². The van der Waals surface area contributed by atoms with E-state index in [1.54, 1.807) is 0 Å². The third-order valence-electron chi connectivity index (χ3n) is 2.04. The van der Waals surface area contributed by atoms with Gasteiger partial charge in [-0.05, 0) is 43.4 Å². The second-order valence-corrected chi connectivity index (χ2v) is 4.90. The van der Waals surface area contributed by atoms with Gasteiger partial charge >= 0.3 is 0 Å². The zero-order valence-corrected chi connectivity index (χ0v) is 11.7. The van der Waals surface area contributed by atoms with E-state index in [4.69, 9.17) is 5.26 Å². The van der Waals surface area contributed by atoms with Crippen LogP contribution in [-0.2, 0) is 0 Å². The van der Waals surface area contributed by atoms with Crippen LogP contribution in [0.15, 0.2) is 21.6 Å². The second-order valence-electron chi connectivity index (χ2n) is 3.25. The first-order valence-electron chi connectivity index (χ1n) is 4.63. The van der Waals surface area contributed by atoms with Crippen LogP contribution in [0.1, 0.15) is 11.1 Å². The van der Waals surface area contributed by atoms with Gasteiger partial charge in [0.25, 0.3) is 0 Å². The van der Waals surface area contributed by atoms with Crippen molar-refractivity contribution < 1.29 is 0 Å². The third kappa shape index (κ3) is 3.26. The van der Waals surface area contributed by atoms with Crippen molar-refractivity contribution in [3.05, 3.63) is 27.7 Å². The fourth-order valence-corrected chi connectivity index (χ4v) is 2.10. The van der Waals surface area contributed by atoms with Gasteiger partial charge in [0.05, 0.1) is 5.69 Å². The molecule has 0 aromatic heterocycles. The molecule has 0 atom stereocenters. The Balaban J connectivity index is 3.18.